The molecule has 3 amide bonds. The summed E-state index contributed by atoms with van der Waals surface area (Å²) in [6.07, 6.45) is 6.52. The maximum absolute atomic E-state index is 12.6. The number of urea groups is 1. The number of rotatable bonds is 4. The third kappa shape index (κ3) is 4.10. The second kappa shape index (κ2) is 8.16. The number of nitrogens with two attached hydrogens (primary N) is 1. The number of H-pyrrole nitrogens is 1. The fraction of sp³-hybridized carbons (Fsp3) is 0.550. The summed E-state index contributed by atoms with van der Waals surface area (Å²) in [5.41, 5.74) is 8.15. The van der Waals surface area contributed by atoms with Crippen molar-refractivity contribution in [3.63, 3.8) is 0 Å². The van der Waals surface area contributed by atoms with Gasteiger partial charge in [-0.2, -0.15) is 0 Å². The largest absolute Gasteiger partial charge is 0.351 e. The Kier molecular flexibility index (Phi) is 5.45. The van der Waals surface area contributed by atoms with Gasteiger partial charge in [0.2, 0.25) is 5.91 Å². The minimum absolute atomic E-state index is 0.113. The van der Waals surface area contributed by atoms with E-state index >= 15 is 0 Å². The second-order valence-corrected chi connectivity index (χ2v) is 7.90. The number of primary amides is 1. The highest BCUT2D eigenvalue weighted by molar-refractivity contribution is 5.85. The molecule has 2 saturated heterocycles. The summed E-state index contributed by atoms with van der Waals surface area (Å²) >= 11 is 0. The van der Waals surface area contributed by atoms with Gasteiger partial charge in [0.25, 0.3) is 0 Å². The topological polar surface area (TPSA) is 108 Å². The van der Waals surface area contributed by atoms with Gasteiger partial charge >= 0.3 is 6.03 Å². The molecule has 149 valence electrons. The van der Waals surface area contributed by atoms with E-state index in [4.69, 9.17) is 5.73 Å². The zero-order valence-corrected chi connectivity index (χ0v) is 16.0. The van der Waals surface area contributed by atoms with Gasteiger partial charge in [-0.05, 0) is 61.6 Å². The SMILES string of the molecule is NC(=O)N1CCC(C2CCN(C(=O)[CH]Cc3ccc4[nH]nnc4c3)CC2)CC1. The summed E-state index contributed by atoms with van der Waals surface area (Å²) < 4.78 is 0. The van der Waals surface area contributed by atoms with Crippen molar-refractivity contribution in [1.82, 2.24) is 25.2 Å². The van der Waals surface area contributed by atoms with Gasteiger partial charge in [0.1, 0.15) is 5.52 Å². The summed E-state index contributed by atoms with van der Waals surface area (Å²) in [5, 5.41) is 10.6. The number of carbonyl (C=O) groups excluding carboxylic acids is 2. The molecule has 2 aromatic rings. The second-order valence-electron chi connectivity index (χ2n) is 7.90. The van der Waals surface area contributed by atoms with Gasteiger partial charge in [-0.1, -0.05) is 11.3 Å². The Hall–Kier alpha value is -2.64. The molecular weight excluding hydrogens is 356 g/mol. The Morgan fingerprint density at radius 2 is 1.71 bits per heavy atom. The molecule has 4 rings (SSSR count). The van der Waals surface area contributed by atoms with E-state index in [9.17, 15) is 9.59 Å². The number of hydrogen-bond donors (Lipinski definition) is 2. The molecule has 28 heavy (non-hydrogen) atoms. The van der Waals surface area contributed by atoms with Crippen LogP contribution in [0.2, 0.25) is 0 Å². The molecule has 2 aliphatic heterocycles. The third-order valence-corrected chi connectivity index (χ3v) is 6.27. The lowest BCUT2D eigenvalue weighted by molar-refractivity contribution is -0.129. The van der Waals surface area contributed by atoms with E-state index in [1.54, 1.807) is 11.3 Å². The van der Waals surface area contributed by atoms with Gasteiger partial charge in [-0.25, -0.2) is 4.79 Å². The van der Waals surface area contributed by atoms with Crippen LogP contribution in [0.15, 0.2) is 18.2 Å². The minimum atomic E-state index is -0.308. The Morgan fingerprint density at radius 1 is 1.07 bits per heavy atom. The zero-order valence-electron chi connectivity index (χ0n) is 16.0. The van der Waals surface area contributed by atoms with Crippen molar-refractivity contribution in [2.24, 2.45) is 17.6 Å². The van der Waals surface area contributed by atoms with Crippen LogP contribution in [0.3, 0.4) is 0 Å². The van der Waals surface area contributed by atoms with Gasteiger partial charge in [0, 0.05) is 26.2 Å². The van der Waals surface area contributed by atoms with E-state index in [1.165, 1.54) is 0 Å². The smallest absolute Gasteiger partial charge is 0.314 e. The van der Waals surface area contributed by atoms with Gasteiger partial charge in [-0.3, -0.25) is 9.89 Å². The van der Waals surface area contributed by atoms with E-state index in [-0.39, 0.29) is 11.9 Å². The number of fused-ring (bicyclic) bond motifs is 1. The summed E-state index contributed by atoms with van der Waals surface area (Å²) in [7, 11) is 0. The van der Waals surface area contributed by atoms with E-state index in [0.29, 0.717) is 18.3 Å². The van der Waals surface area contributed by atoms with Crippen molar-refractivity contribution in [2.75, 3.05) is 26.2 Å². The fourth-order valence-electron chi connectivity index (χ4n) is 4.53. The van der Waals surface area contributed by atoms with Crippen molar-refractivity contribution < 1.29 is 9.59 Å². The Labute approximate surface area is 164 Å². The predicted octanol–water partition coefficient (Wildman–Crippen LogP) is 1.73. The average molecular weight is 383 g/mol. The monoisotopic (exact) mass is 383 g/mol. The Morgan fingerprint density at radius 3 is 2.36 bits per heavy atom. The molecule has 0 bridgehead atoms. The normalized spacial score (nSPS) is 19.3. The number of hydrogen-bond acceptors (Lipinski definition) is 4. The summed E-state index contributed by atoms with van der Waals surface area (Å²) in [5.74, 6) is 1.40. The molecule has 3 heterocycles. The number of amides is 3. The van der Waals surface area contributed by atoms with Crippen molar-refractivity contribution >= 4 is 23.0 Å². The van der Waals surface area contributed by atoms with Crippen LogP contribution in [0, 0.1) is 18.3 Å². The number of benzene rings is 1. The molecule has 0 saturated carbocycles. The van der Waals surface area contributed by atoms with Crippen LogP contribution >= 0.6 is 0 Å². The molecule has 8 nitrogen and oxygen atoms in total. The molecule has 0 atom stereocenters. The van der Waals surface area contributed by atoms with Gasteiger partial charge in [0.15, 0.2) is 0 Å². The number of nitrogens with zero attached hydrogens (tertiary/aromatic N) is 4. The van der Waals surface area contributed by atoms with Gasteiger partial charge in [-0.15, -0.1) is 5.10 Å². The molecule has 0 spiro atoms. The van der Waals surface area contributed by atoms with Crippen LogP contribution in [-0.4, -0.2) is 63.3 Å². The van der Waals surface area contributed by atoms with Gasteiger partial charge in [0.05, 0.1) is 11.9 Å². The van der Waals surface area contributed by atoms with E-state index in [2.05, 4.69) is 15.4 Å². The van der Waals surface area contributed by atoms with Crippen molar-refractivity contribution in [2.45, 2.75) is 32.1 Å². The van der Waals surface area contributed by atoms with Crippen LogP contribution < -0.4 is 5.73 Å². The first-order valence-electron chi connectivity index (χ1n) is 10.1. The van der Waals surface area contributed by atoms with Gasteiger partial charge < -0.3 is 15.5 Å². The number of aromatic amines is 1. The molecule has 2 fully saturated rings. The zero-order chi connectivity index (χ0) is 19.5. The van der Waals surface area contributed by atoms with Crippen molar-refractivity contribution in [3.05, 3.63) is 30.2 Å². The Bertz CT molecular complexity index is 834. The molecule has 0 aliphatic carbocycles. The Balaban J connectivity index is 1.22. The maximum Gasteiger partial charge on any atom is 0.314 e. The molecule has 1 aromatic carbocycles. The summed E-state index contributed by atoms with van der Waals surface area (Å²) in [6, 6.07) is 5.60. The number of carbonyl (C=O) groups is 2. The van der Waals surface area contributed by atoms with Crippen LogP contribution in [0.25, 0.3) is 11.0 Å². The standard InChI is InChI=1S/C20H27N6O2/c21-20(28)26-11-7-16(8-12-26)15-5-9-25(10-6-15)19(27)4-2-14-1-3-17-18(13-14)23-24-22-17/h1,3-4,13,15-16H,2,5-12H2,(H2,21,28)(H,22,23,24). The highest BCUT2D eigenvalue weighted by Gasteiger charge is 2.31. The highest BCUT2D eigenvalue weighted by Crippen LogP contribution is 2.32. The third-order valence-electron chi connectivity index (χ3n) is 6.27. The minimum Gasteiger partial charge on any atom is -0.351 e. The number of aromatic nitrogens is 3. The molecule has 3 N–H and O–H groups in total. The van der Waals surface area contributed by atoms with Crippen LogP contribution in [0.1, 0.15) is 31.2 Å². The number of piperidine rings is 2. The predicted molar refractivity (Wildman–Crippen MR) is 105 cm³/mol. The van der Waals surface area contributed by atoms with Crippen LogP contribution in [0.4, 0.5) is 4.79 Å². The summed E-state index contributed by atoms with van der Waals surface area (Å²) in [4.78, 5) is 27.5. The van der Waals surface area contributed by atoms with E-state index < -0.39 is 0 Å². The molecule has 2 aliphatic rings. The first-order valence-corrected chi connectivity index (χ1v) is 10.1. The lowest BCUT2D eigenvalue weighted by atomic mass is 9.79. The molecule has 8 heteroatoms. The molecule has 0 unspecified atom stereocenters. The van der Waals surface area contributed by atoms with Crippen LogP contribution in [-0.2, 0) is 11.2 Å². The van der Waals surface area contributed by atoms with Crippen molar-refractivity contribution in [1.29, 1.82) is 0 Å². The van der Waals surface area contributed by atoms with E-state index in [0.717, 1.165) is 68.5 Å². The lowest BCUT2D eigenvalue weighted by Crippen LogP contribution is -2.45. The number of nitrogens with one attached hydrogen (secondary N) is 1. The average Bonchev–Trinajstić information content (AvgIpc) is 3.20. The van der Waals surface area contributed by atoms with E-state index in [1.807, 2.05) is 23.1 Å². The maximum atomic E-state index is 12.6. The van der Waals surface area contributed by atoms with Crippen molar-refractivity contribution in [3.8, 4) is 0 Å². The molecule has 1 aromatic heterocycles. The molecule has 1 radical (unpaired) electrons. The highest BCUT2D eigenvalue weighted by atomic mass is 16.2. The van der Waals surface area contributed by atoms with Crippen LogP contribution in [0.5, 0.6) is 0 Å². The summed E-state index contributed by atoms with van der Waals surface area (Å²) in [6.45, 7) is 3.17. The number of likely N-dealkylation sites (tertiary alicyclic amines) is 2. The molecular formula is C20H27N6O2. The lowest BCUT2D eigenvalue weighted by Gasteiger charge is -2.39. The first kappa shape index (κ1) is 18.7. The fourth-order valence-corrected chi connectivity index (χ4v) is 4.53. The quantitative estimate of drug-likeness (QED) is 0.838. The first-order chi connectivity index (χ1) is 13.6.